The highest BCUT2D eigenvalue weighted by Crippen LogP contribution is 2.19. The summed E-state index contributed by atoms with van der Waals surface area (Å²) < 4.78 is 0. The number of hydrogen-bond acceptors (Lipinski definition) is 2. The number of likely N-dealkylation sites (tertiary alicyclic amines) is 1. The van der Waals surface area contributed by atoms with Gasteiger partial charge in [0, 0.05) is 23.7 Å². The zero-order chi connectivity index (χ0) is 13.0. The molecule has 1 aliphatic heterocycles. The first-order valence-corrected chi connectivity index (χ1v) is 6.17. The van der Waals surface area contributed by atoms with Crippen LogP contribution in [0.4, 0.5) is 0 Å². The molecule has 4 nitrogen and oxygen atoms in total. The number of rotatable bonds is 2. The van der Waals surface area contributed by atoms with Crippen LogP contribution in [-0.2, 0) is 9.59 Å². The van der Waals surface area contributed by atoms with Crippen molar-refractivity contribution in [3.05, 3.63) is 11.1 Å². The lowest BCUT2D eigenvalue weighted by Gasteiger charge is -2.27. The van der Waals surface area contributed by atoms with Crippen molar-refractivity contribution in [2.45, 2.75) is 52.5 Å². The number of amides is 1. The van der Waals surface area contributed by atoms with Gasteiger partial charge in [-0.05, 0) is 33.6 Å². The molecule has 1 heterocycles. The lowest BCUT2D eigenvalue weighted by Crippen LogP contribution is -2.39. The Hall–Kier alpha value is -1.32. The number of carboxylic acid groups (broad SMARTS) is 1. The summed E-state index contributed by atoms with van der Waals surface area (Å²) in [5, 5.41) is 8.89. The predicted molar refractivity (Wildman–Crippen MR) is 65.7 cm³/mol. The summed E-state index contributed by atoms with van der Waals surface area (Å²) in [5.41, 5.74) is 0.498. The molecule has 0 aromatic heterocycles. The molecule has 0 bridgehead atoms. The zero-order valence-electron chi connectivity index (χ0n) is 10.8. The lowest BCUT2D eigenvalue weighted by molar-refractivity contribution is -0.134. The van der Waals surface area contributed by atoms with E-state index in [-0.39, 0.29) is 17.5 Å². The minimum Gasteiger partial charge on any atom is -0.478 e. The first kappa shape index (κ1) is 13.7. The Morgan fingerprint density at radius 1 is 1.12 bits per heavy atom. The van der Waals surface area contributed by atoms with E-state index >= 15 is 0 Å². The van der Waals surface area contributed by atoms with E-state index in [1.54, 1.807) is 6.92 Å². The van der Waals surface area contributed by atoms with Crippen molar-refractivity contribution in [1.82, 2.24) is 4.90 Å². The Labute approximate surface area is 102 Å². The fraction of sp³-hybridized carbons (Fsp3) is 0.692. The number of carbonyl (C=O) groups excluding carboxylic acids is 1. The maximum atomic E-state index is 12.2. The molecule has 0 aromatic carbocycles. The van der Waals surface area contributed by atoms with Crippen LogP contribution in [0.1, 0.15) is 46.5 Å². The molecule has 1 N–H and O–H groups in total. The van der Waals surface area contributed by atoms with E-state index < -0.39 is 5.97 Å². The van der Waals surface area contributed by atoms with Gasteiger partial charge in [0.15, 0.2) is 0 Å². The summed E-state index contributed by atoms with van der Waals surface area (Å²) >= 11 is 0. The summed E-state index contributed by atoms with van der Waals surface area (Å²) in [7, 11) is 0. The van der Waals surface area contributed by atoms with E-state index in [9.17, 15) is 9.59 Å². The summed E-state index contributed by atoms with van der Waals surface area (Å²) in [6.07, 6.45) is 4.31. The summed E-state index contributed by atoms with van der Waals surface area (Å²) in [4.78, 5) is 24.9. The molecule has 1 fully saturated rings. The van der Waals surface area contributed by atoms with Gasteiger partial charge in [0.2, 0.25) is 5.91 Å². The first-order chi connectivity index (χ1) is 7.95. The van der Waals surface area contributed by atoms with E-state index in [0.717, 1.165) is 32.2 Å². The maximum Gasteiger partial charge on any atom is 0.331 e. The van der Waals surface area contributed by atoms with Crippen molar-refractivity contribution in [2.24, 2.45) is 0 Å². The molecule has 1 saturated heterocycles. The minimum atomic E-state index is -1.02. The van der Waals surface area contributed by atoms with Crippen LogP contribution in [0.2, 0.25) is 0 Å². The van der Waals surface area contributed by atoms with Crippen molar-refractivity contribution in [1.29, 1.82) is 0 Å². The fourth-order valence-corrected chi connectivity index (χ4v) is 2.11. The largest absolute Gasteiger partial charge is 0.478 e. The molecule has 0 spiro atoms. The van der Waals surface area contributed by atoms with E-state index in [2.05, 4.69) is 0 Å². The van der Waals surface area contributed by atoms with Gasteiger partial charge in [-0.15, -0.1) is 0 Å². The molecule has 0 aliphatic carbocycles. The van der Waals surface area contributed by atoms with Gasteiger partial charge >= 0.3 is 5.97 Å². The van der Waals surface area contributed by atoms with E-state index in [1.807, 2.05) is 11.8 Å². The van der Waals surface area contributed by atoms with Crippen molar-refractivity contribution >= 4 is 11.9 Å². The Bertz CT molecular complexity index is 347. The molecule has 1 amide bonds. The summed E-state index contributed by atoms with van der Waals surface area (Å²) in [5.74, 6) is -1.14. The summed E-state index contributed by atoms with van der Waals surface area (Å²) in [6.45, 7) is 5.86. The smallest absolute Gasteiger partial charge is 0.331 e. The van der Waals surface area contributed by atoms with Gasteiger partial charge in [0.05, 0.1) is 0 Å². The van der Waals surface area contributed by atoms with Crippen molar-refractivity contribution in [3.63, 3.8) is 0 Å². The first-order valence-electron chi connectivity index (χ1n) is 6.17. The van der Waals surface area contributed by atoms with Crippen LogP contribution >= 0.6 is 0 Å². The van der Waals surface area contributed by atoms with Gasteiger partial charge in [-0.2, -0.15) is 0 Å². The maximum absolute atomic E-state index is 12.2. The standard InChI is InChI=1S/C13H21NO3/c1-9-7-5-4-6-8-14(9)12(15)10(2)11(3)13(16)17/h9H,4-8H2,1-3H3,(H,16,17). The molecule has 0 saturated carbocycles. The predicted octanol–water partition coefficient (Wildman–Crippen LogP) is 2.20. The second kappa shape index (κ2) is 5.84. The molecular formula is C13H21NO3. The second-order valence-corrected chi connectivity index (χ2v) is 4.75. The van der Waals surface area contributed by atoms with Gasteiger partial charge in [-0.1, -0.05) is 12.8 Å². The highest BCUT2D eigenvalue weighted by Gasteiger charge is 2.24. The van der Waals surface area contributed by atoms with E-state index in [1.165, 1.54) is 6.92 Å². The topological polar surface area (TPSA) is 57.6 Å². The third-order valence-electron chi connectivity index (χ3n) is 3.52. The highest BCUT2D eigenvalue weighted by atomic mass is 16.4. The second-order valence-electron chi connectivity index (χ2n) is 4.75. The zero-order valence-corrected chi connectivity index (χ0v) is 10.8. The molecule has 96 valence electrons. The molecule has 0 radical (unpaired) electrons. The van der Waals surface area contributed by atoms with Gasteiger partial charge < -0.3 is 10.0 Å². The van der Waals surface area contributed by atoms with Crippen LogP contribution in [0.3, 0.4) is 0 Å². The van der Waals surface area contributed by atoms with Crippen LogP contribution in [0, 0.1) is 0 Å². The fourth-order valence-electron chi connectivity index (χ4n) is 2.11. The number of carbonyl (C=O) groups is 2. The van der Waals surface area contributed by atoms with Crippen molar-refractivity contribution in [2.75, 3.05) is 6.54 Å². The van der Waals surface area contributed by atoms with Crippen LogP contribution in [0.15, 0.2) is 11.1 Å². The molecule has 0 aromatic rings. The molecule has 1 rings (SSSR count). The monoisotopic (exact) mass is 239 g/mol. The van der Waals surface area contributed by atoms with E-state index in [4.69, 9.17) is 5.11 Å². The number of nitrogens with zero attached hydrogens (tertiary/aromatic N) is 1. The number of carboxylic acids is 1. The Morgan fingerprint density at radius 3 is 2.35 bits per heavy atom. The number of hydrogen-bond donors (Lipinski definition) is 1. The van der Waals surface area contributed by atoms with Gasteiger partial charge in [-0.25, -0.2) is 4.79 Å². The molecule has 1 atom stereocenters. The Balaban J connectivity index is 2.87. The van der Waals surface area contributed by atoms with Crippen LogP contribution in [-0.4, -0.2) is 34.5 Å². The average Bonchev–Trinajstić information content (AvgIpc) is 2.50. The molecule has 17 heavy (non-hydrogen) atoms. The highest BCUT2D eigenvalue weighted by molar-refractivity contribution is 6.01. The van der Waals surface area contributed by atoms with Crippen molar-refractivity contribution < 1.29 is 14.7 Å². The molecule has 1 unspecified atom stereocenters. The summed E-state index contributed by atoms with van der Waals surface area (Å²) in [6, 6.07) is 0.210. The quantitative estimate of drug-likeness (QED) is 0.751. The molecule has 1 aliphatic rings. The third-order valence-corrected chi connectivity index (χ3v) is 3.52. The van der Waals surface area contributed by atoms with Gasteiger partial charge in [-0.3, -0.25) is 4.79 Å². The Kier molecular flexibility index (Phi) is 4.73. The normalized spacial score (nSPS) is 22.8. The van der Waals surface area contributed by atoms with E-state index in [0.29, 0.717) is 5.57 Å². The van der Waals surface area contributed by atoms with Crippen LogP contribution in [0.5, 0.6) is 0 Å². The third kappa shape index (κ3) is 3.32. The molecular weight excluding hydrogens is 218 g/mol. The minimum absolute atomic E-state index is 0.126. The Morgan fingerprint density at radius 2 is 1.76 bits per heavy atom. The van der Waals surface area contributed by atoms with Gasteiger partial charge in [0.25, 0.3) is 0 Å². The average molecular weight is 239 g/mol. The van der Waals surface area contributed by atoms with Crippen LogP contribution in [0.25, 0.3) is 0 Å². The van der Waals surface area contributed by atoms with Crippen molar-refractivity contribution in [3.8, 4) is 0 Å². The lowest BCUT2D eigenvalue weighted by atomic mass is 10.1. The SMILES string of the molecule is CC(C(=O)O)=C(C)C(=O)N1CCCCCC1C. The number of aliphatic carboxylic acids is 1. The van der Waals surface area contributed by atoms with Gasteiger partial charge in [0.1, 0.15) is 0 Å². The molecule has 4 heteroatoms. The van der Waals surface area contributed by atoms with Crippen LogP contribution < -0.4 is 0 Å².